The third kappa shape index (κ3) is 6.10. The van der Waals surface area contributed by atoms with Crippen LogP contribution in [0, 0.1) is 5.82 Å². The predicted molar refractivity (Wildman–Crippen MR) is 154 cm³/mol. The average molecular weight is 558 g/mol. The summed E-state index contributed by atoms with van der Waals surface area (Å²) in [5.41, 5.74) is 2.93. The maximum absolute atomic E-state index is 14.0. The first-order valence-corrected chi connectivity index (χ1v) is 14.1. The highest BCUT2D eigenvalue weighted by Crippen LogP contribution is 2.32. The van der Waals surface area contributed by atoms with Crippen LogP contribution in [-0.2, 0) is 16.1 Å². The SMILES string of the molecule is CCC[C@H]1C(=O)N(CC(c2ccccc2)c2ccccc2)C[C@H]2N1C(=O)CN(C)N2C(=O)NCc1ccc(F)cc1. The molecule has 2 aliphatic rings. The van der Waals surface area contributed by atoms with Crippen molar-refractivity contribution in [2.45, 2.75) is 44.4 Å². The maximum Gasteiger partial charge on any atom is 0.334 e. The van der Waals surface area contributed by atoms with Crippen molar-refractivity contribution in [2.24, 2.45) is 0 Å². The van der Waals surface area contributed by atoms with Gasteiger partial charge in [0.15, 0.2) is 0 Å². The van der Waals surface area contributed by atoms with Crippen molar-refractivity contribution in [3.63, 3.8) is 0 Å². The minimum absolute atomic E-state index is 0.00931. The molecule has 2 atom stereocenters. The molecule has 9 heteroatoms. The van der Waals surface area contributed by atoms with Gasteiger partial charge in [-0.1, -0.05) is 86.1 Å². The molecule has 2 aliphatic heterocycles. The highest BCUT2D eigenvalue weighted by molar-refractivity contribution is 5.91. The number of piperazine rings is 1. The number of hydrogen-bond donors (Lipinski definition) is 1. The normalized spacial score (nSPS) is 19.5. The topological polar surface area (TPSA) is 76.2 Å². The lowest BCUT2D eigenvalue weighted by Gasteiger charge is -2.54. The van der Waals surface area contributed by atoms with E-state index in [2.05, 4.69) is 29.6 Å². The molecular weight excluding hydrogens is 521 g/mol. The second kappa shape index (κ2) is 12.5. The highest BCUT2D eigenvalue weighted by atomic mass is 19.1. The molecule has 0 unspecified atom stereocenters. The number of fused-ring (bicyclic) bond motifs is 1. The zero-order chi connectivity index (χ0) is 28.9. The number of amides is 4. The lowest BCUT2D eigenvalue weighted by Crippen LogP contribution is -2.76. The molecule has 0 aliphatic carbocycles. The van der Waals surface area contributed by atoms with Crippen molar-refractivity contribution in [3.8, 4) is 0 Å². The van der Waals surface area contributed by atoms with Crippen LogP contribution in [0.4, 0.5) is 9.18 Å². The summed E-state index contributed by atoms with van der Waals surface area (Å²) in [7, 11) is 1.71. The fraction of sp³-hybridized carbons (Fsp3) is 0.344. The minimum atomic E-state index is -0.657. The number of halogens is 1. The van der Waals surface area contributed by atoms with E-state index in [1.54, 1.807) is 34.1 Å². The smallest absolute Gasteiger partial charge is 0.334 e. The van der Waals surface area contributed by atoms with Crippen molar-refractivity contribution < 1.29 is 18.8 Å². The summed E-state index contributed by atoms with van der Waals surface area (Å²) >= 11 is 0. The molecule has 0 saturated carbocycles. The van der Waals surface area contributed by atoms with Crippen molar-refractivity contribution in [1.29, 1.82) is 0 Å². The van der Waals surface area contributed by atoms with E-state index in [9.17, 15) is 18.8 Å². The van der Waals surface area contributed by atoms with Crippen LogP contribution in [0.3, 0.4) is 0 Å². The Balaban J connectivity index is 1.44. The summed E-state index contributed by atoms with van der Waals surface area (Å²) in [5, 5.41) is 6.08. The molecule has 2 fully saturated rings. The van der Waals surface area contributed by atoms with Gasteiger partial charge in [0, 0.05) is 26.1 Å². The van der Waals surface area contributed by atoms with Crippen LogP contribution < -0.4 is 5.32 Å². The predicted octanol–water partition coefficient (Wildman–Crippen LogP) is 4.20. The van der Waals surface area contributed by atoms with Gasteiger partial charge in [0.25, 0.3) is 0 Å². The quantitative estimate of drug-likeness (QED) is 0.451. The van der Waals surface area contributed by atoms with E-state index >= 15 is 0 Å². The number of nitrogens with zero attached hydrogens (tertiary/aromatic N) is 4. The first-order chi connectivity index (χ1) is 19.9. The van der Waals surface area contributed by atoms with Gasteiger partial charge in [0.2, 0.25) is 11.8 Å². The fourth-order valence-corrected chi connectivity index (χ4v) is 5.88. The maximum atomic E-state index is 14.0. The van der Waals surface area contributed by atoms with Crippen LogP contribution in [0.15, 0.2) is 84.9 Å². The zero-order valence-corrected chi connectivity index (χ0v) is 23.4. The third-order valence-electron chi connectivity index (χ3n) is 7.87. The molecule has 2 saturated heterocycles. The van der Waals surface area contributed by atoms with Crippen LogP contribution in [-0.4, -0.2) is 76.6 Å². The van der Waals surface area contributed by atoms with Crippen LogP contribution in [0.5, 0.6) is 0 Å². The van der Waals surface area contributed by atoms with Gasteiger partial charge < -0.3 is 15.1 Å². The Labute approximate surface area is 240 Å². The van der Waals surface area contributed by atoms with Crippen LogP contribution in [0.1, 0.15) is 42.4 Å². The lowest BCUT2D eigenvalue weighted by atomic mass is 9.90. The Morgan fingerprint density at radius 1 is 0.951 bits per heavy atom. The number of hydrazine groups is 1. The Bertz CT molecular complexity index is 1320. The fourth-order valence-electron chi connectivity index (χ4n) is 5.88. The largest absolute Gasteiger partial charge is 0.336 e. The van der Waals surface area contributed by atoms with Gasteiger partial charge in [0.05, 0.1) is 13.1 Å². The van der Waals surface area contributed by atoms with Crippen molar-refractivity contribution >= 4 is 17.8 Å². The molecular formula is C32H36FN5O3. The number of carbonyl (C=O) groups excluding carboxylic acids is 3. The molecule has 214 valence electrons. The van der Waals surface area contributed by atoms with Crippen LogP contribution in [0.2, 0.25) is 0 Å². The number of likely N-dealkylation sites (N-methyl/N-ethyl adjacent to an activating group) is 1. The van der Waals surface area contributed by atoms with Gasteiger partial charge in [-0.3, -0.25) is 9.59 Å². The van der Waals surface area contributed by atoms with Gasteiger partial charge in [-0.15, -0.1) is 0 Å². The summed E-state index contributed by atoms with van der Waals surface area (Å²) < 4.78 is 13.4. The molecule has 2 heterocycles. The van der Waals surface area contributed by atoms with Gasteiger partial charge in [-0.25, -0.2) is 19.2 Å². The van der Waals surface area contributed by atoms with E-state index in [1.165, 1.54) is 12.1 Å². The van der Waals surface area contributed by atoms with Gasteiger partial charge in [-0.05, 0) is 35.2 Å². The molecule has 0 bridgehead atoms. The summed E-state index contributed by atoms with van der Waals surface area (Å²) in [6, 6.07) is 25.1. The van der Waals surface area contributed by atoms with E-state index in [4.69, 9.17) is 0 Å². The Kier molecular flexibility index (Phi) is 8.64. The summed E-state index contributed by atoms with van der Waals surface area (Å²) in [4.78, 5) is 44.3. The Morgan fingerprint density at radius 3 is 2.15 bits per heavy atom. The van der Waals surface area contributed by atoms with Gasteiger partial charge in [0.1, 0.15) is 18.0 Å². The summed E-state index contributed by atoms with van der Waals surface area (Å²) in [5.74, 6) is -0.685. The molecule has 8 nitrogen and oxygen atoms in total. The van der Waals surface area contributed by atoms with Crippen LogP contribution >= 0.6 is 0 Å². The minimum Gasteiger partial charge on any atom is -0.336 e. The first kappa shape index (κ1) is 28.3. The molecule has 0 aromatic heterocycles. The number of rotatable bonds is 8. The molecule has 41 heavy (non-hydrogen) atoms. The van der Waals surface area contributed by atoms with Crippen molar-refractivity contribution in [2.75, 3.05) is 26.7 Å². The van der Waals surface area contributed by atoms with Crippen molar-refractivity contribution in [1.82, 2.24) is 25.1 Å². The molecule has 3 aromatic rings. The van der Waals surface area contributed by atoms with Crippen LogP contribution in [0.25, 0.3) is 0 Å². The van der Waals surface area contributed by atoms with E-state index in [0.717, 1.165) is 16.7 Å². The molecule has 0 spiro atoms. The van der Waals surface area contributed by atoms with E-state index in [-0.39, 0.29) is 49.2 Å². The average Bonchev–Trinajstić information content (AvgIpc) is 2.98. The number of carbonyl (C=O) groups is 3. The summed E-state index contributed by atoms with van der Waals surface area (Å²) in [6.07, 6.45) is 0.567. The van der Waals surface area contributed by atoms with Crippen molar-refractivity contribution in [3.05, 3.63) is 107 Å². The number of benzene rings is 3. The zero-order valence-electron chi connectivity index (χ0n) is 23.4. The molecule has 0 radical (unpaired) electrons. The van der Waals surface area contributed by atoms with E-state index in [1.807, 2.05) is 48.2 Å². The number of hydrogen-bond acceptors (Lipinski definition) is 4. The third-order valence-corrected chi connectivity index (χ3v) is 7.87. The molecule has 1 N–H and O–H groups in total. The van der Waals surface area contributed by atoms with E-state index < -0.39 is 12.2 Å². The first-order valence-electron chi connectivity index (χ1n) is 14.1. The molecule has 4 amide bonds. The Hall–Kier alpha value is -4.24. The Morgan fingerprint density at radius 2 is 1.56 bits per heavy atom. The lowest BCUT2D eigenvalue weighted by molar-refractivity contribution is -0.187. The van der Waals surface area contributed by atoms with Gasteiger partial charge >= 0.3 is 6.03 Å². The van der Waals surface area contributed by atoms with Gasteiger partial charge in [-0.2, -0.15) is 0 Å². The standard InChI is InChI=1S/C32H36FN5O3/c1-3-10-28-31(40)36(20-27(24-11-6-4-7-12-24)25-13-8-5-9-14-25)21-29-37(28)30(39)22-35(2)38(29)32(41)34-19-23-15-17-26(33)18-16-23/h4-9,11-18,27-29H,3,10,19-22H2,1-2H3,(H,34,41)/t28-,29-/m0/s1. The number of urea groups is 1. The molecule has 3 aromatic carbocycles. The number of nitrogens with one attached hydrogen (secondary N) is 1. The van der Waals surface area contributed by atoms with E-state index in [0.29, 0.717) is 19.4 Å². The summed E-state index contributed by atoms with van der Waals surface area (Å²) in [6.45, 7) is 2.79. The second-order valence-electron chi connectivity index (χ2n) is 10.6. The monoisotopic (exact) mass is 557 g/mol. The second-order valence-corrected chi connectivity index (χ2v) is 10.6. The highest BCUT2D eigenvalue weighted by Gasteiger charge is 2.50. The molecule has 5 rings (SSSR count).